The molecule has 6 nitrogen and oxygen atoms in total. The number of carbonyl (C=O) groups is 1. The Kier molecular flexibility index (Phi) is 6.42. The average molecular weight is 450 g/mol. The summed E-state index contributed by atoms with van der Waals surface area (Å²) >= 11 is 12.0. The van der Waals surface area contributed by atoms with Gasteiger partial charge in [0.2, 0.25) is 5.91 Å². The molecule has 0 spiro atoms. The van der Waals surface area contributed by atoms with Crippen molar-refractivity contribution in [2.45, 2.75) is 11.8 Å². The molecule has 150 valence electrons. The van der Waals surface area contributed by atoms with E-state index < -0.39 is 22.5 Å². The Morgan fingerprint density at radius 1 is 1.10 bits per heavy atom. The summed E-state index contributed by atoms with van der Waals surface area (Å²) in [5.74, 6) is -0.567. The smallest absolute Gasteiger partial charge is 0.266 e. The predicted molar refractivity (Wildman–Crippen MR) is 115 cm³/mol. The van der Waals surface area contributed by atoms with E-state index in [1.165, 1.54) is 30.6 Å². The lowest BCUT2D eigenvalue weighted by atomic mass is 10.2. The van der Waals surface area contributed by atoms with E-state index in [0.717, 1.165) is 9.87 Å². The number of anilines is 2. The number of hydrogen-bond donors (Lipinski definition) is 1. The van der Waals surface area contributed by atoms with Crippen molar-refractivity contribution >= 4 is 50.5 Å². The topological polar surface area (TPSA) is 79.4 Å². The maximum Gasteiger partial charge on any atom is 0.266 e. The van der Waals surface area contributed by atoms with Gasteiger partial charge in [0.05, 0.1) is 16.4 Å². The van der Waals surface area contributed by atoms with Gasteiger partial charge in [0.25, 0.3) is 10.0 Å². The number of rotatable bonds is 6. The molecular weight excluding hydrogens is 433 g/mol. The first-order valence-corrected chi connectivity index (χ1v) is 10.7. The van der Waals surface area contributed by atoms with E-state index in [4.69, 9.17) is 23.2 Å². The largest absolute Gasteiger partial charge is 0.323 e. The van der Waals surface area contributed by atoms with Crippen LogP contribution in [0, 0.1) is 6.92 Å². The first kappa shape index (κ1) is 21.1. The maximum absolute atomic E-state index is 13.2. The Bertz CT molecular complexity index is 1120. The van der Waals surface area contributed by atoms with Crippen molar-refractivity contribution in [1.82, 2.24) is 4.98 Å². The molecule has 3 rings (SSSR count). The van der Waals surface area contributed by atoms with E-state index in [1.54, 1.807) is 36.4 Å². The zero-order valence-electron chi connectivity index (χ0n) is 15.3. The number of sulfonamides is 1. The Morgan fingerprint density at radius 3 is 2.48 bits per heavy atom. The lowest BCUT2D eigenvalue weighted by Gasteiger charge is -2.24. The fourth-order valence-corrected chi connectivity index (χ4v) is 4.29. The Hall–Kier alpha value is -2.61. The molecule has 0 aliphatic heterocycles. The molecule has 1 amide bonds. The predicted octanol–water partition coefficient (Wildman–Crippen LogP) is 4.53. The molecule has 0 saturated heterocycles. The van der Waals surface area contributed by atoms with E-state index in [2.05, 4.69) is 10.3 Å². The number of carbonyl (C=O) groups excluding carboxylic acids is 1. The standard InChI is InChI=1S/C20H17Cl2N3O3S/c1-14-4-7-16(8-5-14)25(29(27,28)17-3-2-10-23-12-17)13-20(26)24-19-11-15(21)6-9-18(19)22/h2-12H,13H2,1H3,(H,24,26). The normalized spacial score (nSPS) is 11.1. The van der Waals surface area contributed by atoms with Crippen LogP contribution in [-0.2, 0) is 14.8 Å². The molecule has 1 heterocycles. The van der Waals surface area contributed by atoms with Gasteiger partial charge in [-0.2, -0.15) is 0 Å². The number of halogens is 2. The minimum absolute atomic E-state index is 0.0193. The third-order valence-corrected chi connectivity index (χ3v) is 6.36. The summed E-state index contributed by atoms with van der Waals surface area (Å²) in [7, 11) is -4.02. The molecule has 0 radical (unpaired) electrons. The van der Waals surface area contributed by atoms with Crippen molar-refractivity contribution in [2.75, 3.05) is 16.2 Å². The third kappa shape index (κ3) is 5.06. The van der Waals surface area contributed by atoms with E-state index >= 15 is 0 Å². The van der Waals surface area contributed by atoms with Gasteiger partial charge in [0.15, 0.2) is 0 Å². The molecule has 1 aromatic heterocycles. The number of amides is 1. The van der Waals surface area contributed by atoms with Crippen LogP contribution < -0.4 is 9.62 Å². The molecule has 1 N–H and O–H groups in total. The second-order valence-corrected chi connectivity index (χ2v) is 8.91. The van der Waals surface area contributed by atoms with Crippen LogP contribution in [0.15, 0.2) is 71.9 Å². The molecule has 0 fully saturated rings. The number of nitrogens with one attached hydrogen (secondary N) is 1. The van der Waals surface area contributed by atoms with Crippen molar-refractivity contribution < 1.29 is 13.2 Å². The van der Waals surface area contributed by atoms with Crippen molar-refractivity contribution in [2.24, 2.45) is 0 Å². The molecule has 3 aromatic rings. The highest BCUT2D eigenvalue weighted by Gasteiger charge is 2.27. The highest BCUT2D eigenvalue weighted by Crippen LogP contribution is 2.27. The molecule has 2 aromatic carbocycles. The molecule has 0 unspecified atom stereocenters. The average Bonchev–Trinajstić information content (AvgIpc) is 2.70. The summed E-state index contributed by atoms with van der Waals surface area (Å²) in [6.07, 6.45) is 2.71. The van der Waals surface area contributed by atoms with Crippen LogP contribution in [0.2, 0.25) is 10.0 Å². The Labute approximate surface area is 179 Å². The first-order chi connectivity index (χ1) is 13.8. The van der Waals surface area contributed by atoms with Crippen LogP contribution in [-0.4, -0.2) is 25.9 Å². The van der Waals surface area contributed by atoms with Gasteiger partial charge in [-0.15, -0.1) is 0 Å². The van der Waals surface area contributed by atoms with Gasteiger partial charge in [-0.3, -0.25) is 14.1 Å². The number of nitrogens with zero attached hydrogens (tertiary/aromatic N) is 2. The van der Waals surface area contributed by atoms with Gasteiger partial charge in [-0.1, -0.05) is 40.9 Å². The summed E-state index contributed by atoms with van der Waals surface area (Å²) in [6.45, 7) is 1.43. The quantitative estimate of drug-likeness (QED) is 0.599. The SMILES string of the molecule is Cc1ccc(N(CC(=O)Nc2cc(Cl)ccc2Cl)S(=O)(=O)c2cccnc2)cc1. The zero-order valence-corrected chi connectivity index (χ0v) is 17.7. The van der Waals surface area contributed by atoms with Crippen molar-refractivity contribution in [3.63, 3.8) is 0 Å². The minimum atomic E-state index is -4.02. The van der Waals surface area contributed by atoms with Gasteiger partial charge in [0, 0.05) is 17.4 Å². The first-order valence-electron chi connectivity index (χ1n) is 8.52. The zero-order chi connectivity index (χ0) is 21.0. The summed E-state index contributed by atoms with van der Waals surface area (Å²) in [4.78, 5) is 16.5. The Balaban J connectivity index is 1.94. The highest BCUT2D eigenvalue weighted by molar-refractivity contribution is 7.92. The van der Waals surface area contributed by atoms with Crippen LogP contribution >= 0.6 is 23.2 Å². The number of aromatic nitrogens is 1. The second kappa shape index (κ2) is 8.82. The lowest BCUT2D eigenvalue weighted by Crippen LogP contribution is -2.38. The summed E-state index contributed by atoms with van der Waals surface area (Å²) in [5.41, 5.74) is 1.61. The molecule has 0 atom stereocenters. The molecule has 0 aliphatic carbocycles. The molecule has 0 bridgehead atoms. The lowest BCUT2D eigenvalue weighted by molar-refractivity contribution is -0.114. The maximum atomic E-state index is 13.2. The number of benzene rings is 2. The second-order valence-electron chi connectivity index (χ2n) is 6.21. The monoisotopic (exact) mass is 449 g/mol. The minimum Gasteiger partial charge on any atom is -0.323 e. The van der Waals surface area contributed by atoms with Crippen molar-refractivity contribution in [3.05, 3.63) is 82.6 Å². The number of aryl methyl sites for hydroxylation is 1. The number of pyridine rings is 1. The van der Waals surface area contributed by atoms with Crippen LogP contribution in [0.25, 0.3) is 0 Å². The van der Waals surface area contributed by atoms with E-state index in [0.29, 0.717) is 21.4 Å². The van der Waals surface area contributed by atoms with Crippen molar-refractivity contribution in [3.8, 4) is 0 Å². The van der Waals surface area contributed by atoms with Gasteiger partial charge in [-0.25, -0.2) is 8.42 Å². The Morgan fingerprint density at radius 2 is 1.83 bits per heavy atom. The molecule has 0 saturated carbocycles. The molecular formula is C20H17Cl2N3O3S. The van der Waals surface area contributed by atoms with Crippen LogP contribution in [0.4, 0.5) is 11.4 Å². The van der Waals surface area contributed by atoms with Gasteiger partial charge >= 0.3 is 0 Å². The van der Waals surface area contributed by atoms with Gasteiger partial charge in [0.1, 0.15) is 11.4 Å². The molecule has 29 heavy (non-hydrogen) atoms. The van der Waals surface area contributed by atoms with Gasteiger partial charge < -0.3 is 5.32 Å². The fourth-order valence-electron chi connectivity index (χ4n) is 2.57. The molecule has 0 aliphatic rings. The van der Waals surface area contributed by atoms with Crippen LogP contribution in [0.1, 0.15) is 5.56 Å². The van der Waals surface area contributed by atoms with Crippen molar-refractivity contribution in [1.29, 1.82) is 0 Å². The van der Waals surface area contributed by atoms with Gasteiger partial charge in [-0.05, 0) is 49.4 Å². The third-order valence-electron chi connectivity index (χ3n) is 4.03. The van der Waals surface area contributed by atoms with Crippen LogP contribution in [0.5, 0.6) is 0 Å². The molecule has 9 heteroatoms. The van der Waals surface area contributed by atoms with E-state index in [1.807, 2.05) is 6.92 Å². The van der Waals surface area contributed by atoms with E-state index in [9.17, 15) is 13.2 Å². The highest BCUT2D eigenvalue weighted by atomic mass is 35.5. The summed E-state index contributed by atoms with van der Waals surface area (Å²) in [5, 5.41) is 3.29. The number of hydrogen-bond acceptors (Lipinski definition) is 4. The summed E-state index contributed by atoms with van der Waals surface area (Å²) < 4.78 is 27.4. The van der Waals surface area contributed by atoms with Crippen LogP contribution in [0.3, 0.4) is 0 Å². The van der Waals surface area contributed by atoms with E-state index in [-0.39, 0.29) is 4.90 Å². The summed E-state index contributed by atoms with van der Waals surface area (Å²) in [6, 6.07) is 14.4. The fraction of sp³-hybridized carbons (Fsp3) is 0.100.